The van der Waals surface area contributed by atoms with Gasteiger partial charge in [0.2, 0.25) is 8.32 Å². The molecule has 0 spiro atoms. The molecular formula is C45H64N2O10Si. The molecule has 2 unspecified atom stereocenters. The van der Waals surface area contributed by atoms with Crippen molar-refractivity contribution in [2.24, 2.45) is 0 Å². The Morgan fingerprint density at radius 2 is 1.64 bits per heavy atom. The Bertz CT molecular complexity index is 1770. The highest BCUT2D eigenvalue weighted by Crippen LogP contribution is 2.50. The van der Waals surface area contributed by atoms with Crippen LogP contribution in [0.2, 0.25) is 16.6 Å². The zero-order valence-corrected chi connectivity index (χ0v) is 36.7. The van der Waals surface area contributed by atoms with Gasteiger partial charge in [-0.25, -0.2) is 4.79 Å². The molecule has 1 N–H and O–H groups in total. The Morgan fingerprint density at radius 1 is 0.914 bits per heavy atom. The van der Waals surface area contributed by atoms with E-state index in [4.69, 9.17) is 32.8 Å². The van der Waals surface area contributed by atoms with Crippen LogP contribution in [-0.2, 0) is 36.6 Å². The summed E-state index contributed by atoms with van der Waals surface area (Å²) >= 11 is 0. The maximum Gasteiger partial charge on any atom is 0.407 e. The number of para-hydroxylation sites is 1. The quantitative estimate of drug-likeness (QED) is 0.0633. The largest absolute Gasteiger partial charge is 0.496 e. The van der Waals surface area contributed by atoms with Gasteiger partial charge in [0.1, 0.15) is 17.2 Å². The number of methoxy groups -OCH3 is 2. The van der Waals surface area contributed by atoms with Crippen molar-refractivity contribution < 1.29 is 47.5 Å². The van der Waals surface area contributed by atoms with Crippen LogP contribution in [0.25, 0.3) is 0 Å². The predicted octanol–water partition coefficient (Wildman–Crippen LogP) is 9.02. The van der Waals surface area contributed by atoms with Crippen LogP contribution in [0.5, 0.6) is 17.2 Å². The van der Waals surface area contributed by atoms with Gasteiger partial charge in [-0.05, 0) is 70.9 Å². The highest BCUT2D eigenvalue weighted by molar-refractivity contribution is 6.77. The summed E-state index contributed by atoms with van der Waals surface area (Å²) in [5.41, 5.74) is 4.16. The zero-order chi connectivity index (χ0) is 41.9. The summed E-state index contributed by atoms with van der Waals surface area (Å²) in [5, 5.41) is 10.4. The average Bonchev–Trinajstić information content (AvgIpc) is 3.21. The van der Waals surface area contributed by atoms with E-state index >= 15 is 0 Å². The number of nitrogens with zero attached hydrogens (tertiary/aromatic N) is 2. The Labute approximate surface area is 345 Å². The van der Waals surface area contributed by atoms with Crippen molar-refractivity contribution in [2.75, 3.05) is 65.2 Å². The first-order valence-electron chi connectivity index (χ1n) is 20.6. The van der Waals surface area contributed by atoms with Gasteiger partial charge in [-0.15, -0.1) is 0 Å². The number of ether oxygens (including phenoxy) is 6. The third-order valence-corrected chi connectivity index (χ3v) is 17.7. The summed E-state index contributed by atoms with van der Waals surface area (Å²) in [7, 11) is 0.639. The van der Waals surface area contributed by atoms with Gasteiger partial charge in [0.15, 0.2) is 12.4 Å². The normalized spacial score (nSPS) is 18.5. The molecule has 12 nitrogen and oxygen atoms in total. The molecule has 3 aromatic carbocycles. The molecule has 2 atom stereocenters. The van der Waals surface area contributed by atoms with Crippen molar-refractivity contribution in [3.05, 3.63) is 83.4 Å². The molecule has 2 heterocycles. The lowest BCUT2D eigenvalue weighted by Gasteiger charge is -2.54. The van der Waals surface area contributed by atoms with Crippen LogP contribution in [0.3, 0.4) is 0 Å². The summed E-state index contributed by atoms with van der Waals surface area (Å²) in [4.78, 5) is 28.9. The van der Waals surface area contributed by atoms with E-state index in [1.54, 1.807) is 19.1 Å². The van der Waals surface area contributed by atoms with Gasteiger partial charge in [0, 0.05) is 44.7 Å². The first kappa shape index (κ1) is 45.0. The number of amides is 2. The van der Waals surface area contributed by atoms with Crippen molar-refractivity contribution in [1.29, 1.82) is 0 Å². The molecule has 2 aliphatic rings. The van der Waals surface area contributed by atoms with Crippen molar-refractivity contribution in [3.63, 3.8) is 0 Å². The van der Waals surface area contributed by atoms with Crippen LogP contribution >= 0.6 is 0 Å². The lowest BCUT2D eigenvalue weighted by molar-refractivity contribution is -0.235. The number of fused-ring (bicyclic) bond motifs is 1. The molecule has 2 amide bonds. The first-order valence-corrected chi connectivity index (χ1v) is 22.8. The lowest BCUT2D eigenvalue weighted by atomic mass is 9.84. The van der Waals surface area contributed by atoms with Gasteiger partial charge in [-0.1, -0.05) is 77.9 Å². The van der Waals surface area contributed by atoms with Gasteiger partial charge in [0.25, 0.3) is 5.91 Å². The summed E-state index contributed by atoms with van der Waals surface area (Å²) in [6, 6.07) is 21.6. The number of hydrogen-bond acceptors (Lipinski definition) is 9. The molecule has 0 radical (unpaired) electrons. The third-order valence-electron chi connectivity index (χ3n) is 11.6. The fraction of sp³-hybridized carbons (Fsp3) is 0.556. The van der Waals surface area contributed by atoms with Gasteiger partial charge in [-0.3, -0.25) is 4.79 Å². The molecule has 0 aromatic heterocycles. The first-order chi connectivity index (χ1) is 27.8. The highest BCUT2D eigenvalue weighted by atomic mass is 28.4. The van der Waals surface area contributed by atoms with E-state index in [-0.39, 0.29) is 48.2 Å². The number of carbonyl (C=O) groups is 2. The number of hydrogen-bond donors (Lipinski definition) is 1. The van der Waals surface area contributed by atoms with Gasteiger partial charge < -0.3 is 47.8 Å². The van der Waals surface area contributed by atoms with E-state index in [0.29, 0.717) is 63.8 Å². The third kappa shape index (κ3) is 10.5. The molecular weight excluding hydrogens is 757 g/mol. The summed E-state index contributed by atoms with van der Waals surface area (Å²) in [6.45, 7) is 16.4. The SMILES string of the molecule is COCCCN1C(=O)COc2ccc(COC3(O[Si](C(C)C)(C(C)C)C(C)C)CN(C(=O)O)CCC3c3ccc(OCCCOCc4ccccc4OC)cc3)cc21. The second-order valence-electron chi connectivity index (χ2n) is 16.2. The van der Waals surface area contributed by atoms with Gasteiger partial charge in [0.05, 0.1) is 45.8 Å². The number of rotatable bonds is 21. The lowest BCUT2D eigenvalue weighted by Crippen LogP contribution is -2.64. The number of likely N-dealkylation sites (tertiary alicyclic amines) is 1. The average molecular weight is 821 g/mol. The molecule has 318 valence electrons. The van der Waals surface area contributed by atoms with E-state index in [1.165, 1.54) is 4.90 Å². The van der Waals surface area contributed by atoms with Crippen molar-refractivity contribution in [1.82, 2.24) is 4.90 Å². The molecule has 1 fully saturated rings. The molecule has 0 saturated carbocycles. The van der Waals surface area contributed by atoms with Crippen LogP contribution in [-0.4, -0.2) is 96.4 Å². The summed E-state index contributed by atoms with van der Waals surface area (Å²) < 4.78 is 43.3. The van der Waals surface area contributed by atoms with Crippen molar-refractivity contribution in [3.8, 4) is 17.2 Å². The molecule has 0 bridgehead atoms. The Balaban J connectivity index is 1.41. The molecule has 2 aliphatic heterocycles. The fourth-order valence-electron chi connectivity index (χ4n) is 8.78. The molecule has 5 rings (SSSR count). The van der Waals surface area contributed by atoms with E-state index in [9.17, 15) is 14.7 Å². The fourth-order valence-corrected chi connectivity index (χ4v) is 14.4. The smallest absolute Gasteiger partial charge is 0.407 e. The molecule has 1 saturated heterocycles. The van der Waals surface area contributed by atoms with Crippen LogP contribution in [0, 0.1) is 0 Å². The minimum atomic E-state index is -2.67. The maximum atomic E-state index is 13.0. The van der Waals surface area contributed by atoms with E-state index < -0.39 is 20.2 Å². The second-order valence-corrected chi connectivity index (χ2v) is 21.6. The zero-order valence-electron chi connectivity index (χ0n) is 35.7. The number of carboxylic acid groups (broad SMARTS) is 1. The predicted molar refractivity (Wildman–Crippen MR) is 227 cm³/mol. The van der Waals surface area contributed by atoms with Crippen molar-refractivity contribution >= 4 is 26.0 Å². The summed E-state index contributed by atoms with van der Waals surface area (Å²) in [6.07, 6.45) is 0.902. The Hall–Kier alpha value is -4.14. The molecule has 58 heavy (non-hydrogen) atoms. The van der Waals surface area contributed by atoms with E-state index in [2.05, 4.69) is 53.7 Å². The van der Waals surface area contributed by atoms with E-state index in [1.807, 2.05) is 54.6 Å². The Morgan fingerprint density at radius 3 is 2.31 bits per heavy atom. The topological polar surface area (TPSA) is 125 Å². The minimum Gasteiger partial charge on any atom is -0.496 e. The van der Waals surface area contributed by atoms with E-state index in [0.717, 1.165) is 34.6 Å². The minimum absolute atomic E-state index is 0.0190. The Kier molecular flexibility index (Phi) is 16.0. The standard InChI is InChI=1S/C45H64N2O10Si/c1-32(2)58(33(3)4,34(5)6)57-45(56-28-35-15-20-42-40(27-35)47(22-11-24-51-7)43(48)30-55-42)31-46(44(49)50)23-21-39(45)36-16-18-38(19-17-36)54-26-12-25-53-29-37-13-9-10-14-41(37)52-8/h9-10,13-20,27,32-34,39H,11-12,21-26,28-31H2,1-8H3,(H,49,50). The monoisotopic (exact) mass is 820 g/mol. The highest BCUT2D eigenvalue weighted by Gasteiger charge is 2.56. The number of carbonyl (C=O) groups excluding carboxylic acids is 1. The van der Waals surface area contributed by atoms with Crippen LogP contribution in [0.4, 0.5) is 10.5 Å². The second kappa shape index (κ2) is 20.7. The van der Waals surface area contributed by atoms with Crippen molar-refractivity contribution in [2.45, 2.75) is 102 Å². The van der Waals surface area contributed by atoms with Crippen LogP contribution < -0.4 is 19.1 Å². The maximum absolute atomic E-state index is 13.0. The summed E-state index contributed by atoms with van der Waals surface area (Å²) in [5.74, 6) is 0.482. The molecule has 0 aliphatic carbocycles. The van der Waals surface area contributed by atoms with Gasteiger partial charge in [-0.2, -0.15) is 0 Å². The van der Waals surface area contributed by atoms with Crippen LogP contribution in [0.1, 0.15) is 83.4 Å². The van der Waals surface area contributed by atoms with Crippen LogP contribution in [0.15, 0.2) is 66.7 Å². The number of benzene rings is 3. The number of anilines is 1. The number of piperidine rings is 1. The van der Waals surface area contributed by atoms with Gasteiger partial charge >= 0.3 is 6.09 Å². The molecule has 3 aromatic rings. The molecule has 13 heteroatoms.